The molecule has 0 heterocycles. The Balaban J connectivity index is 1.83. The first-order chi connectivity index (χ1) is 17.3. The average molecular weight is 503 g/mol. The number of aryl methyl sites for hydroxylation is 2. The summed E-state index contributed by atoms with van der Waals surface area (Å²) in [4.78, 5) is 28.9. The monoisotopic (exact) mass is 502 g/mol. The van der Waals surface area contributed by atoms with Gasteiger partial charge in [0.15, 0.2) is 0 Å². The fourth-order valence-electron chi connectivity index (χ4n) is 4.01. The zero-order valence-corrected chi connectivity index (χ0v) is 22.7. The molecule has 0 radical (unpaired) electrons. The Morgan fingerprint density at radius 3 is 2.19 bits per heavy atom. The van der Waals surface area contributed by atoms with Gasteiger partial charge in [0.2, 0.25) is 11.8 Å². The molecule has 0 unspecified atom stereocenters. The van der Waals surface area contributed by atoms with Crippen LogP contribution < -0.4 is 5.32 Å². The quantitative estimate of drug-likeness (QED) is 0.333. The molecule has 0 aliphatic heterocycles. The molecule has 0 spiro atoms. The van der Waals surface area contributed by atoms with E-state index in [2.05, 4.69) is 56.4 Å². The minimum absolute atomic E-state index is 0.0196. The lowest BCUT2D eigenvalue weighted by Gasteiger charge is -2.32. The van der Waals surface area contributed by atoms with Gasteiger partial charge in [0.05, 0.1) is 5.75 Å². The predicted octanol–water partition coefficient (Wildman–Crippen LogP) is 5.95. The van der Waals surface area contributed by atoms with Gasteiger partial charge in [-0.2, -0.15) is 0 Å². The molecule has 36 heavy (non-hydrogen) atoms. The maximum Gasteiger partial charge on any atom is 0.243 e. The van der Waals surface area contributed by atoms with Gasteiger partial charge in [-0.15, -0.1) is 11.8 Å². The molecule has 3 rings (SSSR count). The van der Waals surface area contributed by atoms with Crippen LogP contribution in [0.1, 0.15) is 41.7 Å². The third-order valence-electron chi connectivity index (χ3n) is 6.01. The number of nitrogens with one attached hydrogen (secondary N) is 1. The summed E-state index contributed by atoms with van der Waals surface area (Å²) in [7, 11) is 0. The lowest BCUT2D eigenvalue weighted by Crippen LogP contribution is -2.51. The third-order valence-corrected chi connectivity index (χ3v) is 6.99. The standard InChI is InChI=1S/C31H38N2O2S/c1-23(2)19-32-31(35)29(18-26-10-6-5-7-11-26)33(20-27-15-13-24(3)14-16-27)30(34)22-36-21-28-12-8-9-25(4)17-28/h5-17,23,29H,18-22H2,1-4H3,(H,32,35)/t29-/m0/s1. The van der Waals surface area contributed by atoms with E-state index in [9.17, 15) is 9.59 Å². The van der Waals surface area contributed by atoms with Crippen molar-refractivity contribution in [1.82, 2.24) is 10.2 Å². The van der Waals surface area contributed by atoms with Gasteiger partial charge >= 0.3 is 0 Å². The normalized spacial score (nSPS) is 11.8. The fraction of sp³-hybridized carbons (Fsp3) is 0.355. The largest absolute Gasteiger partial charge is 0.354 e. The first-order valence-corrected chi connectivity index (χ1v) is 13.8. The first kappa shape index (κ1) is 27.5. The molecule has 0 fully saturated rings. The molecule has 0 aromatic heterocycles. The second kappa shape index (κ2) is 13.9. The summed E-state index contributed by atoms with van der Waals surface area (Å²) in [5.41, 5.74) is 5.64. The molecular formula is C31H38N2O2S. The minimum Gasteiger partial charge on any atom is -0.354 e. The maximum atomic E-state index is 13.7. The van der Waals surface area contributed by atoms with E-state index in [0.717, 1.165) is 16.9 Å². The van der Waals surface area contributed by atoms with Crippen molar-refractivity contribution in [1.29, 1.82) is 0 Å². The van der Waals surface area contributed by atoms with Crippen molar-refractivity contribution in [2.75, 3.05) is 12.3 Å². The Hall–Kier alpha value is -3.05. The highest BCUT2D eigenvalue weighted by Crippen LogP contribution is 2.19. The zero-order chi connectivity index (χ0) is 25.9. The van der Waals surface area contributed by atoms with E-state index < -0.39 is 6.04 Å². The van der Waals surface area contributed by atoms with E-state index in [0.29, 0.717) is 31.2 Å². The SMILES string of the molecule is Cc1ccc(CN(C(=O)CSCc2cccc(C)c2)[C@@H](Cc2ccccc2)C(=O)NCC(C)C)cc1. The van der Waals surface area contributed by atoms with Crippen molar-refractivity contribution in [2.45, 2.75) is 52.5 Å². The smallest absolute Gasteiger partial charge is 0.243 e. The Labute approximate surface area is 220 Å². The summed E-state index contributed by atoms with van der Waals surface area (Å²) >= 11 is 1.60. The first-order valence-electron chi connectivity index (χ1n) is 12.6. The predicted molar refractivity (Wildman–Crippen MR) is 151 cm³/mol. The van der Waals surface area contributed by atoms with E-state index in [4.69, 9.17) is 0 Å². The van der Waals surface area contributed by atoms with E-state index in [1.165, 1.54) is 16.7 Å². The number of carbonyl (C=O) groups is 2. The molecule has 5 heteroatoms. The number of amides is 2. The second-order valence-electron chi connectivity index (χ2n) is 9.83. The van der Waals surface area contributed by atoms with Crippen LogP contribution in [0.25, 0.3) is 0 Å². The number of thioether (sulfide) groups is 1. The van der Waals surface area contributed by atoms with Gasteiger partial charge in [-0.05, 0) is 36.5 Å². The number of hydrogen-bond donors (Lipinski definition) is 1. The van der Waals surface area contributed by atoms with Gasteiger partial charge < -0.3 is 10.2 Å². The fourth-order valence-corrected chi connectivity index (χ4v) is 4.87. The van der Waals surface area contributed by atoms with Crippen LogP contribution in [0.4, 0.5) is 0 Å². The molecule has 1 N–H and O–H groups in total. The Morgan fingerprint density at radius 2 is 1.53 bits per heavy atom. The van der Waals surface area contributed by atoms with E-state index in [1.54, 1.807) is 16.7 Å². The van der Waals surface area contributed by atoms with E-state index >= 15 is 0 Å². The van der Waals surface area contributed by atoms with Crippen LogP contribution in [-0.4, -0.2) is 35.1 Å². The third kappa shape index (κ3) is 8.87. The average Bonchev–Trinajstić information content (AvgIpc) is 2.86. The van der Waals surface area contributed by atoms with Gasteiger partial charge in [-0.3, -0.25) is 9.59 Å². The van der Waals surface area contributed by atoms with Gasteiger partial charge in [0, 0.05) is 25.3 Å². The Kier molecular flexibility index (Phi) is 10.6. The number of benzene rings is 3. The molecule has 0 saturated heterocycles. The summed E-state index contributed by atoms with van der Waals surface area (Å²) in [5, 5.41) is 3.08. The molecule has 0 bridgehead atoms. The van der Waals surface area contributed by atoms with Crippen molar-refractivity contribution < 1.29 is 9.59 Å². The van der Waals surface area contributed by atoms with Crippen molar-refractivity contribution >= 4 is 23.6 Å². The van der Waals surface area contributed by atoms with Crippen LogP contribution in [0.2, 0.25) is 0 Å². The number of rotatable bonds is 12. The summed E-state index contributed by atoms with van der Waals surface area (Å²) < 4.78 is 0. The molecule has 0 aliphatic rings. The van der Waals surface area contributed by atoms with Crippen LogP contribution in [0.3, 0.4) is 0 Å². The Bertz CT molecular complexity index is 1110. The summed E-state index contributed by atoms with van der Waals surface area (Å²) in [6.45, 7) is 9.25. The molecule has 4 nitrogen and oxygen atoms in total. The molecule has 1 atom stereocenters. The van der Waals surface area contributed by atoms with E-state index in [-0.39, 0.29) is 11.8 Å². The highest BCUT2D eigenvalue weighted by molar-refractivity contribution is 7.99. The molecule has 0 aliphatic carbocycles. The lowest BCUT2D eigenvalue weighted by atomic mass is 10.0. The zero-order valence-electron chi connectivity index (χ0n) is 21.9. The minimum atomic E-state index is -0.584. The summed E-state index contributed by atoms with van der Waals surface area (Å²) in [5.74, 6) is 1.29. The van der Waals surface area contributed by atoms with Crippen molar-refractivity contribution in [3.05, 3.63) is 107 Å². The second-order valence-corrected chi connectivity index (χ2v) is 10.8. The topological polar surface area (TPSA) is 49.4 Å². The lowest BCUT2D eigenvalue weighted by molar-refractivity contribution is -0.139. The van der Waals surface area contributed by atoms with Gasteiger partial charge in [-0.25, -0.2) is 0 Å². The van der Waals surface area contributed by atoms with Crippen LogP contribution in [0.5, 0.6) is 0 Å². The highest BCUT2D eigenvalue weighted by Gasteiger charge is 2.30. The van der Waals surface area contributed by atoms with Gasteiger partial charge in [0.1, 0.15) is 6.04 Å². The highest BCUT2D eigenvalue weighted by atomic mass is 32.2. The molecular weight excluding hydrogens is 464 g/mol. The van der Waals surface area contributed by atoms with Crippen LogP contribution >= 0.6 is 11.8 Å². The maximum absolute atomic E-state index is 13.7. The van der Waals surface area contributed by atoms with E-state index in [1.807, 2.05) is 55.5 Å². The number of carbonyl (C=O) groups excluding carboxylic acids is 2. The molecule has 190 valence electrons. The van der Waals surface area contributed by atoms with Crippen LogP contribution in [0.15, 0.2) is 78.9 Å². The number of hydrogen-bond acceptors (Lipinski definition) is 3. The van der Waals surface area contributed by atoms with Crippen molar-refractivity contribution in [3.8, 4) is 0 Å². The van der Waals surface area contributed by atoms with Gasteiger partial charge in [-0.1, -0.05) is 104 Å². The number of nitrogens with zero attached hydrogens (tertiary/aromatic N) is 1. The summed E-state index contributed by atoms with van der Waals surface area (Å²) in [6.07, 6.45) is 0.477. The van der Waals surface area contributed by atoms with Gasteiger partial charge in [0.25, 0.3) is 0 Å². The van der Waals surface area contributed by atoms with Crippen LogP contribution in [0, 0.1) is 19.8 Å². The van der Waals surface area contributed by atoms with Crippen molar-refractivity contribution in [3.63, 3.8) is 0 Å². The molecule has 3 aromatic rings. The molecule has 0 saturated carbocycles. The summed E-state index contributed by atoms with van der Waals surface area (Å²) in [6, 6.07) is 25.9. The molecule has 2 amide bonds. The Morgan fingerprint density at radius 1 is 0.833 bits per heavy atom. The van der Waals surface area contributed by atoms with Crippen LogP contribution in [-0.2, 0) is 28.3 Å². The molecule has 3 aromatic carbocycles. The van der Waals surface area contributed by atoms with Crippen molar-refractivity contribution in [2.24, 2.45) is 5.92 Å².